The van der Waals surface area contributed by atoms with Gasteiger partial charge in [-0.25, -0.2) is 9.98 Å². The lowest BCUT2D eigenvalue weighted by atomic mass is 10.1. The van der Waals surface area contributed by atoms with Gasteiger partial charge in [0, 0.05) is 20.1 Å². The Balaban J connectivity index is 1.84. The van der Waals surface area contributed by atoms with Gasteiger partial charge < -0.3 is 20.1 Å². The smallest absolute Gasteiger partial charge is 0.191 e. The molecule has 0 saturated carbocycles. The second-order valence-corrected chi connectivity index (χ2v) is 5.94. The maximum absolute atomic E-state index is 5.64. The van der Waals surface area contributed by atoms with Gasteiger partial charge in [-0.1, -0.05) is 6.07 Å². The van der Waals surface area contributed by atoms with Crippen LogP contribution in [-0.4, -0.2) is 47.5 Å². The molecule has 2 aromatic rings. The van der Waals surface area contributed by atoms with Gasteiger partial charge in [-0.2, -0.15) is 5.10 Å². The van der Waals surface area contributed by atoms with Crippen LogP contribution in [-0.2, 0) is 20.0 Å². The zero-order valence-electron chi connectivity index (χ0n) is 16.7. The van der Waals surface area contributed by atoms with E-state index >= 15 is 0 Å². The van der Waals surface area contributed by atoms with E-state index in [2.05, 4.69) is 37.8 Å². The topological polar surface area (TPSA) is 85.6 Å². The van der Waals surface area contributed by atoms with Crippen LogP contribution in [0.3, 0.4) is 0 Å². The number of aryl methyl sites for hydroxylation is 2. The van der Waals surface area contributed by atoms with Gasteiger partial charge in [-0.3, -0.25) is 4.68 Å². The summed E-state index contributed by atoms with van der Waals surface area (Å²) in [7, 11) is 3.52. The van der Waals surface area contributed by atoms with Crippen LogP contribution < -0.4 is 20.1 Å². The van der Waals surface area contributed by atoms with E-state index in [-0.39, 0.29) is 0 Å². The molecule has 0 aliphatic carbocycles. The molecule has 0 spiro atoms. The van der Waals surface area contributed by atoms with Gasteiger partial charge in [0.15, 0.2) is 17.5 Å². The molecular weight excluding hydrogens is 344 g/mol. The zero-order valence-corrected chi connectivity index (χ0v) is 16.7. The number of benzene rings is 1. The van der Waals surface area contributed by atoms with Gasteiger partial charge in [0.05, 0.1) is 13.7 Å². The predicted molar refractivity (Wildman–Crippen MR) is 106 cm³/mol. The number of guanidine groups is 1. The molecule has 1 heterocycles. The molecule has 0 aliphatic rings. The number of nitrogens with one attached hydrogen (secondary N) is 2. The van der Waals surface area contributed by atoms with Gasteiger partial charge in [-0.05, 0) is 44.4 Å². The Kier molecular flexibility index (Phi) is 8.41. The average molecular weight is 374 g/mol. The van der Waals surface area contributed by atoms with Crippen LogP contribution in [0.4, 0.5) is 0 Å². The van der Waals surface area contributed by atoms with Crippen LogP contribution in [0.1, 0.15) is 31.7 Å². The highest BCUT2D eigenvalue weighted by Crippen LogP contribution is 2.28. The first-order valence-corrected chi connectivity index (χ1v) is 9.32. The minimum absolute atomic E-state index is 0.488. The summed E-state index contributed by atoms with van der Waals surface area (Å²) >= 11 is 0. The van der Waals surface area contributed by atoms with Crippen molar-refractivity contribution in [2.75, 3.05) is 26.8 Å². The summed E-state index contributed by atoms with van der Waals surface area (Å²) in [5.41, 5.74) is 1.22. The minimum atomic E-state index is 0.488. The van der Waals surface area contributed by atoms with Crippen LogP contribution in [0.2, 0.25) is 0 Å². The lowest BCUT2D eigenvalue weighted by Gasteiger charge is -2.13. The summed E-state index contributed by atoms with van der Waals surface area (Å²) in [6.07, 6.45) is 3.46. The Labute approximate surface area is 161 Å². The van der Waals surface area contributed by atoms with Gasteiger partial charge >= 0.3 is 0 Å². The van der Waals surface area contributed by atoms with Crippen LogP contribution >= 0.6 is 0 Å². The number of aromatic nitrogens is 3. The first kappa shape index (κ1) is 20.5. The zero-order chi connectivity index (χ0) is 19.5. The molecule has 0 amide bonds. The van der Waals surface area contributed by atoms with E-state index in [0.29, 0.717) is 13.2 Å². The predicted octanol–water partition coefficient (Wildman–Crippen LogP) is 1.91. The molecule has 0 unspecified atom stereocenters. The first-order chi connectivity index (χ1) is 13.2. The molecule has 2 N–H and O–H groups in total. The Hall–Kier alpha value is -2.77. The molecule has 0 bridgehead atoms. The summed E-state index contributed by atoms with van der Waals surface area (Å²) in [5, 5.41) is 10.7. The third kappa shape index (κ3) is 6.47. The number of hydrogen-bond donors (Lipinski definition) is 2. The van der Waals surface area contributed by atoms with Gasteiger partial charge in [0.25, 0.3) is 0 Å². The van der Waals surface area contributed by atoms with Crippen LogP contribution in [0.15, 0.2) is 29.5 Å². The van der Waals surface area contributed by atoms with Gasteiger partial charge in [0.1, 0.15) is 18.7 Å². The molecule has 8 nitrogen and oxygen atoms in total. The van der Waals surface area contributed by atoms with Crippen molar-refractivity contribution in [2.24, 2.45) is 12.0 Å². The molecule has 8 heteroatoms. The number of hydrogen-bond acceptors (Lipinski definition) is 5. The summed E-state index contributed by atoms with van der Waals surface area (Å²) in [5.74, 6) is 3.17. The number of methoxy groups -OCH3 is 1. The van der Waals surface area contributed by atoms with Crippen molar-refractivity contribution < 1.29 is 9.47 Å². The van der Waals surface area contributed by atoms with E-state index < -0.39 is 0 Å². The monoisotopic (exact) mass is 374 g/mol. The number of aliphatic imine (C=N–C) groups is 1. The SMILES string of the molecule is CCNC(=NCc1ncnn1C)NCCCc1ccc(OC)c(OCC)c1. The summed E-state index contributed by atoms with van der Waals surface area (Å²) in [6.45, 7) is 6.75. The third-order valence-electron chi connectivity index (χ3n) is 3.99. The van der Waals surface area contributed by atoms with Crippen molar-refractivity contribution in [3.63, 3.8) is 0 Å². The third-order valence-corrected chi connectivity index (χ3v) is 3.99. The second-order valence-electron chi connectivity index (χ2n) is 5.94. The molecule has 0 aliphatic heterocycles. The van der Waals surface area contributed by atoms with E-state index in [4.69, 9.17) is 9.47 Å². The van der Waals surface area contributed by atoms with E-state index in [1.54, 1.807) is 11.8 Å². The fourth-order valence-corrected chi connectivity index (χ4v) is 2.60. The molecule has 0 fully saturated rings. The van der Waals surface area contributed by atoms with E-state index in [1.807, 2.05) is 27.0 Å². The van der Waals surface area contributed by atoms with E-state index in [9.17, 15) is 0 Å². The lowest BCUT2D eigenvalue weighted by molar-refractivity contribution is 0.310. The highest BCUT2D eigenvalue weighted by Gasteiger charge is 2.06. The molecule has 1 aromatic carbocycles. The lowest BCUT2D eigenvalue weighted by Crippen LogP contribution is -2.38. The number of rotatable bonds is 10. The second kappa shape index (κ2) is 11.1. The van der Waals surface area contributed by atoms with Crippen molar-refractivity contribution >= 4 is 5.96 Å². The minimum Gasteiger partial charge on any atom is -0.493 e. The van der Waals surface area contributed by atoms with Gasteiger partial charge in [-0.15, -0.1) is 0 Å². The van der Waals surface area contributed by atoms with Crippen molar-refractivity contribution in [3.05, 3.63) is 35.9 Å². The molecule has 2 rings (SSSR count). The van der Waals surface area contributed by atoms with Gasteiger partial charge in [0.2, 0.25) is 0 Å². The molecule has 0 radical (unpaired) electrons. The first-order valence-electron chi connectivity index (χ1n) is 9.32. The van der Waals surface area contributed by atoms with Crippen molar-refractivity contribution in [2.45, 2.75) is 33.2 Å². The largest absolute Gasteiger partial charge is 0.493 e. The highest BCUT2D eigenvalue weighted by atomic mass is 16.5. The summed E-state index contributed by atoms with van der Waals surface area (Å²) in [6, 6.07) is 6.09. The molecular formula is C19H30N6O2. The number of ether oxygens (including phenoxy) is 2. The van der Waals surface area contributed by atoms with Crippen molar-refractivity contribution in [3.8, 4) is 11.5 Å². The van der Waals surface area contributed by atoms with Crippen molar-refractivity contribution in [1.82, 2.24) is 25.4 Å². The molecule has 0 atom stereocenters. The molecule has 27 heavy (non-hydrogen) atoms. The maximum atomic E-state index is 5.64. The Morgan fingerprint density at radius 1 is 1.22 bits per heavy atom. The van der Waals surface area contributed by atoms with Crippen LogP contribution in [0.25, 0.3) is 0 Å². The summed E-state index contributed by atoms with van der Waals surface area (Å²) < 4.78 is 12.7. The standard InChI is InChI=1S/C19H30N6O2/c1-5-20-19(22-13-18-23-14-24-25(18)3)21-11-7-8-15-9-10-16(26-4)17(12-15)27-6-2/h9-10,12,14H,5-8,11,13H2,1-4H3,(H2,20,21,22). The average Bonchev–Trinajstić information content (AvgIpc) is 3.08. The Morgan fingerprint density at radius 3 is 2.74 bits per heavy atom. The van der Waals surface area contributed by atoms with Crippen LogP contribution in [0, 0.1) is 0 Å². The highest BCUT2D eigenvalue weighted by molar-refractivity contribution is 5.79. The van der Waals surface area contributed by atoms with Crippen LogP contribution in [0.5, 0.6) is 11.5 Å². The molecule has 0 saturated heterocycles. The molecule has 1 aromatic heterocycles. The summed E-state index contributed by atoms with van der Waals surface area (Å²) in [4.78, 5) is 8.75. The fourth-order valence-electron chi connectivity index (χ4n) is 2.60. The van der Waals surface area contributed by atoms with E-state index in [0.717, 1.165) is 49.2 Å². The molecule has 148 valence electrons. The van der Waals surface area contributed by atoms with E-state index in [1.165, 1.54) is 11.9 Å². The fraction of sp³-hybridized carbons (Fsp3) is 0.526. The quantitative estimate of drug-likeness (QED) is 0.375. The maximum Gasteiger partial charge on any atom is 0.191 e. The normalized spacial score (nSPS) is 11.3. The Bertz CT molecular complexity index is 729. The number of nitrogens with zero attached hydrogens (tertiary/aromatic N) is 4. The Morgan fingerprint density at radius 2 is 2.07 bits per heavy atom. The van der Waals surface area contributed by atoms with Crippen molar-refractivity contribution in [1.29, 1.82) is 0 Å².